The van der Waals surface area contributed by atoms with Gasteiger partial charge in [-0.1, -0.05) is 0 Å². The Balaban J connectivity index is 2.18. The Bertz CT molecular complexity index is 400. The van der Waals surface area contributed by atoms with Gasteiger partial charge in [0.25, 0.3) is 0 Å². The Morgan fingerprint density at radius 3 is 3.07 bits per heavy atom. The quantitative estimate of drug-likeness (QED) is 0.761. The highest BCUT2D eigenvalue weighted by Gasteiger charge is 2.33. The van der Waals surface area contributed by atoms with E-state index in [9.17, 15) is 0 Å². The fourth-order valence-electron chi connectivity index (χ4n) is 3.19. The van der Waals surface area contributed by atoms with Gasteiger partial charge in [0.1, 0.15) is 5.75 Å². The van der Waals surface area contributed by atoms with Crippen molar-refractivity contribution in [1.29, 1.82) is 0 Å². The highest BCUT2D eigenvalue weighted by molar-refractivity contribution is 5.49. The van der Waals surface area contributed by atoms with Gasteiger partial charge in [-0.2, -0.15) is 0 Å². The second-order valence-corrected chi connectivity index (χ2v) is 4.72. The number of aryl methyl sites for hydroxylation is 1. The van der Waals surface area contributed by atoms with Crippen LogP contribution >= 0.6 is 0 Å². The molecule has 0 aliphatic heterocycles. The van der Waals surface area contributed by atoms with Crippen molar-refractivity contribution in [2.24, 2.45) is 5.73 Å². The molecular formula is C13H17NO. The van der Waals surface area contributed by atoms with Crippen molar-refractivity contribution in [2.45, 2.75) is 37.6 Å². The Kier molecular flexibility index (Phi) is 1.99. The minimum absolute atomic E-state index is 0.233. The lowest BCUT2D eigenvalue weighted by atomic mass is 9.84. The van der Waals surface area contributed by atoms with Gasteiger partial charge < -0.3 is 10.5 Å². The minimum Gasteiger partial charge on any atom is -0.497 e. The third-order valence-electron chi connectivity index (χ3n) is 3.85. The average Bonchev–Trinajstić information content (AvgIpc) is 2.58. The third-order valence-corrected chi connectivity index (χ3v) is 3.85. The van der Waals surface area contributed by atoms with E-state index in [2.05, 4.69) is 12.1 Å². The molecule has 3 rings (SSSR count). The van der Waals surface area contributed by atoms with Crippen LogP contribution in [0.15, 0.2) is 12.1 Å². The summed E-state index contributed by atoms with van der Waals surface area (Å²) in [6.07, 6.45) is 4.95. The average molecular weight is 203 g/mol. The fourth-order valence-corrected chi connectivity index (χ4v) is 3.19. The number of nitrogens with two attached hydrogens (primary N) is 1. The topological polar surface area (TPSA) is 35.2 Å². The molecule has 2 aliphatic carbocycles. The van der Waals surface area contributed by atoms with E-state index in [0.717, 1.165) is 18.1 Å². The molecule has 0 fully saturated rings. The van der Waals surface area contributed by atoms with E-state index < -0.39 is 0 Å². The Morgan fingerprint density at radius 2 is 2.27 bits per heavy atom. The van der Waals surface area contributed by atoms with Crippen LogP contribution in [0.5, 0.6) is 5.75 Å². The van der Waals surface area contributed by atoms with Crippen LogP contribution in [-0.2, 0) is 6.42 Å². The van der Waals surface area contributed by atoms with Crippen molar-refractivity contribution in [3.8, 4) is 5.75 Å². The number of methoxy groups -OCH3 is 1. The molecule has 1 aromatic rings. The number of hydrogen-bond acceptors (Lipinski definition) is 2. The normalized spacial score (nSPS) is 27.6. The van der Waals surface area contributed by atoms with Crippen molar-refractivity contribution in [3.63, 3.8) is 0 Å². The number of hydrogen-bond donors (Lipinski definition) is 1. The van der Waals surface area contributed by atoms with Gasteiger partial charge in [-0.05, 0) is 60.4 Å². The Labute approximate surface area is 90.4 Å². The first-order valence-electron chi connectivity index (χ1n) is 5.76. The van der Waals surface area contributed by atoms with Gasteiger partial charge in [-0.3, -0.25) is 0 Å². The molecule has 2 nitrogen and oxygen atoms in total. The summed E-state index contributed by atoms with van der Waals surface area (Å²) in [4.78, 5) is 0. The number of ether oxygens (including phenoxy) is 1. The van der Waals surface area contributed by atoms with E-state index in [1.807, 2.05) is 0 Å². The SMILES string of the molecule is COc1cc2c3c(c1)C(N)CC3CCC2. The molecule has 0 amide bonds. The molecule has 1 aromatic carbocycles. The van der Waals surface area contributed by atoms with Crippen LogP contribution in [0.25, 0.3) is 0 Å². The van der Waals surface area contributed by atoms with Crippen molar-refractivity contribution in [2.75, 3.05) is 7.11 Å². The lowest BCUT2D eigenvalue weighted by molar-refractivity contribution is 0.413. The molecule has 0 bridgehead atoms. The Hall–Kier alpha value is -1.02. The van der Waals surface area contributed by atoms with Gasteiger partial charge in [-0.25, -0.2) is 0 Å². The molecule has 15 heavy (non-hydrogen) atoms. The van der Waals surface area contributed by atoms with Gasteiger partial charge in [-0.15, -0.1) is 0 Å². The summed E-state index contributed by atoms with van der Waals surface area (Å²) in [5.41, 5.74) is 10.5. The highest BCUT2D eigenvalue weighted by atomic mass is 16.5. The summed E-state index contributed by atoms with van der Waals surface area (Å²) in [5, 5.41) is 0. The van der Waals surface area contributed by atoms with E-state index in [1.54, 1.807) is 12.7 Å². The maximum atomic E-state index is 6.18. The van der Waals surface area contributed by atoms with Gasteiger partial charge in [0.05, 0.1) is 7.11 Å². The largest absolute Gasteiger partial charge is 0.497 e. The van der Waals surface area contributed by atoms with E-state index in [0.29, 0.717) is 0 Å². The molecule has 0 saturated carbocycles. The van der Waals surface area contributed by atoms with Gasteiger partial charge in [0.15, 0.2) is 0 Å². The van der Waals surface area contributed by atoms with E-state index >= 15 is 0 Å². The molecule has 2 unspecified atom stereocenters. The number of rotatable bonds is 1. The molecule has 2 aliphatic rings. The van der Waals surface area contributed by atoms with Crippen molar-refractivity contribution < 1.29 is 4.74 Å². The molecule has 0 heterocycles. The van der Waals surface area contributed by atoms with Crippen molar-refractivity contribution in [1.82, 2.24) is 0 Å². The molecule has 2 N–H and O–H groups in total. The number of benzene rings is 1. The van der Waals surface area contributed by atoms with Gasteiger partial charge >= 0.3 is 0 Å². The maximum absolute atomic E-state index is 6.18. The van der Waals surface area contributed by atoms with Gasteiger partial charge in [0.2, 0.25) is 0 Å². The van der Waals surface area contributed by atoms with Gasteiger partial charge in [0, 0.05) is 6.04 Å². The third kappa shape index (κ3) is 1.28. The summed E-state index contributed by atoms with van der Waals surface area (Å²) < 4.78 is 5.33. The summed E-state index contributed by atoms with van der Waals surface area (Å²) >= 11 is 0. The lowest BCUT2D eigenvalue weighted by Crippen LogP contribution is -2.06. The molecule has 2 heteroatoms. The van der Waals surface area contributed by atoms with Crippen LogP contribution in [0.3, 0.4) is 0 Å². The molecule has 80 valence electrons. The van der Waals surface area contributed by atoms with Crippen LogP contribution in [0, 0.1) is 0 Å². The van der Waals surface area contributed by atoms with Crippen LogP contribution in [0.2, 0.25) is 0 Å². The van der Waals surface area contributed by atoms with Crippen LogP contribution < -0.4 is 10.5 Å². The maximum Gasteiger partial charge on any atom is 0.119 e. The van der Waals surface area contributed by atoms with E-state index in [1.165, 1.54) is 30.4 Å². The standard InChI is InChI=1S/C13H17NO/c1-15-10-5-8-3-2-4-9-6-12(14)11(7-10)13(8)9/h5,7,9,12H,2-4,6,14H2,1H3. The summed E-state index contributed by atoms with van der Waals surface area (Å²) in [6, 6.07) is 4.56. The molecule has 0 spiro atoms. The molecule has 0 aromatic heterocycles. The predicted octanol–water partition coefficient (Wildman–Crippen LogP) is 2.52. The zero-order valence-electron chi connectivity index (χ0n) is 9.12. The summed E-state index contributed by atoms with van der Waals surface area (Å²) in [6.45, 7) is 0. The first-order chi connectivity index (χ1) is 7.29. The van der Waals surface area contributed by atoms with E-state index in [4.69, 9.17) is 10.5 Å². The van der Waals surface area contributed by atoms with E-state index in [-0.39, 0.29) is 6.04 Å². The monoisotopic (exact) mass is 203 g/mol. The molecule has 2 atom stereocenters. The molecule has 0 saturated heterocycles. The zero-order valence-corrected chi connectivity index (χ0v) is 9.12. The summed E-state index contributed by atoms with van der Waals surface area (Å²) in [5.74, 6) is 1.70. The smallest absolute Gasteiger partial charge is 0.119 e. The molecule has 0 radical (unpaired) electrons. The second-order valence-electron chi connectivity index (χ2n) is 4.72. The Morgan fingerprint density at radius 1 is 1.40 bits per heavy atom. The van der Waals surface area contributed by atoms with Crippen LogP contribution in [0.1, 0.15) is 47.9 Å². The fraction of sp³-hybridized carbons (Fsp3) is 0.538. The van der Waals surface area contributed by atoms with Crippen LogP contribution in [-0.4, -0.2) is 7.11 Å². The molecular weight excluding hydrogens is 186 g/mol. The van der Waals surface area contributed by atoms with Crippen molar-refractivity contribution in [3.05, 3.63) is 28.8 Å². The first kappa shape index (κ1) is 9.22. The minimum atomic E-state index is 0.233. The highest BCUT2D eigenvalue weighted by Crippen LogP contribution is 2.47. The zero-order chi connectivity index (χ0) is 10.4. The predicted molar refractivity (Wildman–Crippen MR) is 60.2 cm³/mol. The second kappa shape index (κ2) is 3.24. The van der Waals surface area contributed by atoms with Crippen molar-refractivity contribution >= 4 is 0 Å². The first-order valence-corrected chi connectivity index (χ1v) is 5.76. The lowest BCUT2D eigenvalue weighted by Gasteiger charge is -2.22. The van der Waals surface area contributed by atoms with Crippen LogP contribution in [0.4, 0.5) is 0 Å². The summed E-state index contributed by atoms with van der Waals surface area (Å²) in [7, 11) is 1.73.